The fourth-order valence-electron chi connectivity index (χ4n) is 2.75. The molecule has 0 bridgehead atoms. The molecule has 0 atom stereocenters. The normalized spacial score (nSPS) is 10.8. The summed E-state index contributed by atoms with van der Waals surface area (Å²) in [5.74, 6) is 0.345. The molecule has 4 aromatic rings. The van der Waals surface area contributed by atoms with Gasteiger partial charge in [-0.15, -0.1) is 0 Å². The van der Waals surface area contributed by atoms with Crippen LogP contribution in [0.1, 0.15) is 16.2 Å². The van der Waals surface area contributed by atoms with Crippen LogP contribution in [0.5, 0.6) is 0 Å². The third kappa shape index (κ3) is 3.12. The summed E-state index contributed by atoms with van der Waals surface area (Å²) in [5, 5.41) is 3.67. The third-order valence-corrected chi connectivity index (χ3v) is 3.91. The van der Waals surface area contributed by atoms with Crippen LogP contribution < -0.4 is 10.9 Å². The SMILES string of the molecule is Cc1cc(=O)[nH]c(-c2cccc(NC(=O)c3cc4ccccc4o3)c2)n1. The molecule has 0 fully saturated rings. The number of nitrogens with zero attached hydrogens (tertiary/aromatic N) is 1. The van der Waals surface area contributed by atoms with Crippen LogP contribution in [0.25, 0.3) is 22.4 Å². The maximum atomic E-state index is 12.5. The molecule has 6 nitrogen and oxygen atoms in total. The van der Waals surface area contributed by atoms with Gasteiger partial charge in [0, 0.05) is 28.4 Å². The Kier molecular flexibility index (Phi) is 3.85. The molecule has 6 heteroatoms. The van der Waals surface area contributed by atoms with Gasteiger partial charge in [0.1, 0.15) is 11.4 Å². The maximum absolute atomic E-state index is 12.5. The zero-order chi connectivity index (χ0) is 18.1. The number of carbonyl (C=O) groups is 1. The predicted molar refractivity (Wildman–Crippen MR) is 99.2 cm³/mol. The van der Waals surface area contributed by atoms with Gasteiger partial charge in [0.15, 0.2) is 5.76 Å². The Morgan fingerprint density at radius 1 is 1.08 bits per heavy atom. The molecule has 0 aliphatic rings. The molecule has 0 saturated heterocycles. The van der Waals surface area contributed by atoms with Crippen molar-refractivity contribution < 1.29 is 9.21 Å². The largest absolute Gasteiger partial charge is 0.451 e. The fourth-order valence-corrected chi connectivity index (χ4v) is 2.75. The van der Waals surface area contributed by atoms with Crippen LogP contribution in [0.4, 0.5) is 5.69 Å². The number of carbonyl (C=O) groups excluding carboxylic acids is 1. The Morgan fingerprint density at radius 3 is 2.73 bits per heavy atom. The number of aromatic nitrogens is 2. The molecule has 4 rings (SSSR count). The molecule has 1 amide bonds. The second-order valence-electron chi connectivity index (χ2n) is 5.92. The highest BCUT2D eigenvalue weighted by molar-refractivity contribution is 6.04. The highest BCUT2D eigenvalue weighted by Gasteiger charge is 2.13. The van der Waals surface area contributed by atoms with E-state index in [1.807, 2.05) is 30.3 Å². The van der Waals surface area contributed by atoms with E-state index >= 15 is 0 Å². The molecule has 0 radical (unpaired) electrons. The summed E-state index contributed by atoms with van der Waals surface area (Å²) in [6.07, 6.45) is 0. The van der Waals surface area contributed by atoms with Crippen LogP contribution in [-0.2, 0) is 0 Å². The molecular formula is C20H15N3O3. The van der Waals surface area contributed by atoms with Gasteiger partial charge >= 0.3 is 0 Å². The van der Waals surface area contributed by atoms with E-state index in [0.717, 1.165) is 5.39 Å². The molecule has 0 aliphatic carbocycles. The van der Waals surface area contributed by atoms with Crippen LogP contribution in [0.3, 0.4) is 0 Å². The smallest absolute Gasteiger partial charge is 0.291 e. The number of aromatic amines is 1. The predicted octanol–water partition coefficient (Wildman–Crippen LogP) is 3.74. The molecule has 2 aromatic carbocycles. The summed E-state index contributed by atoms with van der Waals surface area (Å²) in [6.45, 7) is 1.76. The number of nitrogens with one attached hydrogen (secondary N) is 2. The van der Waals surface area contributed by atoms with Gasteiger partial charge in [-0.3, -0.25) is 9.59 Å². The Balaban J connectivity index is 1.62. The van der Waals surface area contributed by atoms with E-state index in [-0.39, 0.29) is 17.2 Å². The van der Waals surface area contributed by atoms with Gasteiger partial charge in [0.05, 0.1) is 0 Å². The Morgan fingerprint density at radius 2 is 1.92 bits per heavy atom. The molecule has 0 saturated carbocycles. The van der Waals surface area contributed by atoms with Crippen molar-refractivity contribution in [3.05, 3.63) is 82.5 Å². The second kappa shape index (κ2) is 6.33. The number of benzene rings is 2. The van der Waals surface area contributed by atoms with Gasteiger partial charge < -0.3 is 14.7 Å². The number of furan rings is 1. The number of fused-ring (bicyclic) bond motifs is 1. The number of H-pyrrole nitrogens is 1. The number of aryl methyl sites for hydroxylation is 1. The zero-order valence-electron chi connectivity index (χ0n) is 13.9. The van der Waals surface area contributed by atoms with Crippen molar-refractivity contribution >= 4 is 22.6 Å². The van der Waals surface area contributed by atoms with Crippen LogP contribution >= 0.6 is 0 Å². The number of rotatable bonds is 3. The number of anilines is 1. The summed E-state index contributed by atoms with van der Waals surface area (Å²) in [5.41, 5.74) is 2.35. The first-order valence-electron chi connectivity index (χ1n) is 8.07. The van der Waals surface area contributed by atoms with Gasteiger partial charge in [-0.25, -0.2) is 4.98 Å². The first-order chi connectivity index (χ1) is 12.6. The molecule has 0 aliphatic heterocycles. The van der Waals surface area contributed by atoms with E-state index in [1.165, 1.54) is 6.07 Å². The van der Waals surface area contributed by atoms with Crippen LogP contribution in [0.15, 0.2) is 69.9 Å². The Hall–Kier alpha value is -3.67. The first-order valence-corrected chi connectivity index (χ1v) is 8.07. The fraction of sp³-hybridized carbons (Fsp3) is 0.0500. The van der Waals surface area contributed by atoms with Crippen molar-refractivity contribution in [2.45, 2.75) is 6.92 Å². The van der Waals surface area contributed by atoms with Crippen LogP contribution in [0, 0.1) is 6.92 Å². The van der Waals surface area contributed by atoms with Crippen molar-refractivity contribution in [3.8, 4) is 11.4 Å². The van der Waals surface area contributed by atoms with Crippen LogP contribution in [-0.4, -0.2) is 15.9 Å². The van der Waals surface area contributed by atoms with E-state index < -0.39 is 0 Å². The van der Waals surface area contributed by atoms with Gasteiger partial charge in [0.25, 0.3) is 11.5 Å². The van der Waals surface area contributed by atoms with Crippen molar-refractivity contribution in [2.24, 2.45) is 0 Å². The Bertz CT molecular complexity index is 1140. The summed E-state index contributed by atoms with van der Waals surface area (Å²) < 4.78 is 5.58. The molecule has 2 N–H and O–H groups in total. The minimum absolute atomic E-state index is 0.218. The van der Waals surface area contributed by atoms with Crippen molar-refractivity contribution in [1.82, 2.24) is 9.97 Å². The van der Waals surface area contributed by atoms with Crippen molar-refractivity contribution in [3.63, 3.8) is 0 Å². The summed E-state index contributed by atoms with van der Waals surface area (Å²) in [4.78, 5) is 31.1. The van der Waals surface area contributed by atoms with Gasteiger partial charge in [-0.1, -0.05) is 30.3 Å². The summed E-state index contributed by atoms with van der Waals surface area (Å²) >= 11 is 0. The highest BCUT2D eigenvalue weighted by Crippen LogP contribution is 2.22. The Labute approximate surface area is 148 Å². The van der Waals surface area contributed by atoms with E-state index in [4.69, 9.17) is 4.42 Å². The van der Waals surface area contributed by atoms with E-state index in [1.54, 1.807) is 31.2 Å². The third-order valence-electron chi connectivity index (χ3n) is 3.91. The maximum Gasteiger partial charge on any atom is 0.291 e. The molecular weight excluding hydrogens is 330 g/mol. The quantitative estimate of drug-likeness (QED) is 0.592. The lowest BCUT2D eigenvalue weighted by molar-refractivity contribution is 0.0998. The van der Waals surface area contributed by atoms with Gasteiger partial charge in [-0.05, 0) is 31.2 Å². The number of amides is 1. The first kappa shape index (κ1) is 15.8. The average Bonchev–Trinajstić information content (AvgIpc) is 3.05. The monoisotopic (exact) mass is 345 g/mol. The van der Waals surface area contributed by atoms with E-state index in [2.05, 4.69) is 15.3 Å². The molecule has 0 unspecified atom stereocenters. The number of hydrogen-bond donors (Lipinski definition) is 2. The number of para-hydroxylation sites is 1. The lowest BCUT2D eigenvalue weighted by Crippen LogP contribution is -2.11. The molecule has 2 aromatic heterocycles. The minimum Gasteiger partial charge on any atom is -0.451 e. The molecule has 2 heterocycles. The number of hydrogen-bond acceptors (Lipinski definition) is 4. The van der Waals surface area contributed by atoms with Gasteiger partial charge in [-0.2, -0.15) is 0 Å². The lowest BCUT2D eigenvalue weighted by atomic mass is 10.2. The van der Waals surface area contributed by atoms with Gasteiger partial charge in [0.2, 0.25) is 0 Å². The highest BCUT2D eigenvalue weighted by atomic mass is 16.3. The average molecular weight is 345 g/mol. The molecule has 0 spiro atoms. The zero-order valence-corrected chi connectivity index (χ0v) is 13.9. The van der Waals surface area contributed by atoms with E-state index in [0.29, 0.717) is 28.4 Å². The van der Waals surface area contributed by atoms with Crippen LogP contribution in [0.2, 0.25) is 0 Å². The topological polar surface area (TPSA) is 88.0 Å². The van der Waals surface area contributed by atoms with Crippen molar-refractivity contribution in [2.75, 3.05) is 5.32 Å². The lowest BCUT2D eigenvalue weighted by Gasteiger charge is -2.06. The summed E-state index contributed by atoms with van der Waals surface area (Å²) in [6, 6.07) is 17.7. The second-order valence-corrected chi connectivity index (χ2v) is 5.92. The van der Waals surface area contributed by atoms with Crippen molar-refractivity contribution in [1.29, 1.82) is 0 Å². The minimum atomic E-state index is -0.343. The van der Waals surface area contributed by atoms with E-state index in [9.17, 15) is 9.59 Å². The molecule has 26 heavy (non-hydrogen) atoms. The summed E-state index contributed by atoms with van der Waals surface area (Å²) in [7, 11) is 0. The standard InChI is InChI=1S/C20H15N3O3/c1-12-9-18(24)23-19(21-12)14-6-4-7-15(10-14)22-20(25)17-11-13-5-2-3-8-16(13)26-17/h2-11H,1H3,(H,22,25)(H,21,23,24). The molecule has 128 valence electrons.